The summed E-state index contributed by atoms with van der Waals surface area (Å²) in [7, 11) is 0. The van der Waals surface area contributed by atoms with E-state index in [9.17, 15) is 4.79 Å². The van der Waals surface area contributed by atoms with E-state index in [1.54, 1.807) is 0 Å². The van der Waals surface area contributed by atoms with Crippen LogP contribution in [0.3, 0.4) is 0 Å². The Hall–Kier alpha value is -1.85. The molecule has 1 aliphatic carbocycles. The Kier molecular flexibility index (Phi) is 4.06. The monoisotopic (exact) mass is 315 g/mol. The van der Waals surface area contributed by atoms with E-state index in [2.05, 4.69) is 4.90 Å². The van der Waals surface area contributed by atoms with Crippen LogP contribution in [-0.2, 0) is 17.6 Å². The molecule has 5 nitrogen and oxygen atoms in total. The van der Waals surface area contributed by atoms with Gasteiger partial charge in [0.15, 0.2) is 0 Å². The van der Waals surface area contributed by atoms with Gasteiger partial charge in [-0.05, 0) is 43.0 Å². The largest absolute Gasteiger partial charge is 0.492 e. The van der Waals surface area contributed by atoms with Gasteiger partial charge in [0.25, 0.3) is 0 Å². The van der Waals surface area contributed by atoms with Gasteiger partial charge in [-0.25, -0.2) is 4.79 Å². The quantitative estimate of drug-likeness (QED) is 0.808. The summed E-state index contributed by atoms with van der Waals surface area (Å²) in [6, 6.07) is 5.74. The first-order valence-electron chi connectivity index (χ1n) is 8.33. The Morgan fingerprint density at radius 3 is 2.83 bits per heavy atom. The van der Waals surface area contributed by atoms with Gasteiger partial charge in [-0.3, -0.25) is 4.90 Å². The Morgan fingerprint density at radius 1 is 1.13 bits per heavy atom. The van der Waals surface area contributed by atoms with Crippen LogP contribution in [0, 0.1) is 0 Å². The van der Waals surface area contributed by atoms with Crippen molar-refractivity contribution in [2.24, 2.45) is 0 Å². The van der Waals surface area contributed by atoms with Gasteiger partial charge in [0.1, 0.15) is 17.9 Å². The maximum absolute atomic E-state index is 11.9. The highest BCUT2D eigenvalue weighted by Gasteiger charge is 2.19. The molecule has 2 aliphatic rings. The van der Waals surface area contributed by atoms with Gasteiger partial charge in [-0.2, -0.15) is 0 Å². The van der Waals surface area contributed by atoms with Gasteiger partial charge in [-0.1, -0.05) is 0 Å². The molecule has 0 atom stereocenters. The van der Waals surface area contributed by atoms with Crippen molar-refractivity contribution in [1.82, 2.24) is 4.90 Å². The fraction of sp³-hybridized carbons (Fsp3) is 0.500. The highest BCUT2D eigenvalue weighted by atomic mass is 16.5. The van der Waals surface area contributed by atoms with Crippen molar-refractivity contribution in [2.45, 2.75) is 19.3 Å². The van der Waals surface area contributed by atoms with Crippen molar-refractivity contribution in [3.8, 4) is 5.75 Å². The molecule has 1 saturated heterocycles. The molecule has 2 heterocycles. The van der Waals surface area contributed by atoms with E-state index < -0.39 is 0 Å². The topological polar surface area (TPSA) is 51.9 Å². The second-order valence-corrected chi connectivity index (χ2v) is 6.16. The van der Waals surface area contributed by atoms with Crippen LogP contribution in [-0.4, -0.2) is 44.4 Å². The maximum atomic E-state index is 11.9. The van der Waals surface area contributed by atoms with Crippen molar-refractivity contribution >= 4 is 11.0 Å². The smallest absolute Gasteiger partial charge is 0.339 e. The molecule has 0 spiro atoms. The maximum Gasteiger partial charge on any atom is 0.339 e. The lowest BCUT2D eigenvalue weighted by atomic mass is 10.1. The van der Waals surface area contributed by atoms with Crippen LogP contribution in [0.5, 0.6) is 5.75 Å². The zero-order chi connectivity index (χ0) is 15.6. The average Bonchev–Trinajstić information content (AvgIpc) is 3.07. The van der Waals surface area contributed by atoms with E-state index in [4.69, 9.17) is 13.9 Å². The van der Waals surface area contributed by atoms with Crippen molar-refractivity contribution in [2.75, 3.05) is 39.5 Å². The first-order valence-corrected chi connectivity index (χ1v) is 8.33. The van der Waals surface area contributed by atoms with Crippen LogP contribution < -0.4 is 10.4 Å². The minimum absolute atomic E-state index is 0.175. The summed E-state index contributed by atoms with van der Waals surface area (Å²) >= 11 is 0. The van der Waals surface area contributed by atoms with Gasteiger partial charge in [0.05, 0.1) is 13.2 Å². The fourth-order valence-electron chi connectivity index (χ4n) is 3.47. The van der Waals surface area contributed by atoms with Crippen LogP contribution >= 0.6 is 0 Å². The van der Waals surface area contributed by atoms with Crippen molar-refractivity contribution in [3.63, 3.8) is 0 Å². The Bertz CT molecular complexity index is 761. The third kappa shape index (κ3) is 2.99. The molecule has 122 valence electrons. The number of nitrogens with zero attached hydrogens (tertiary/aromatic N) is 1. The minimum Gasteiger partial charge on any atom is -0.492 e. The Balaban J connectivity index is 1.50. The van der Waals surface area contributed by atoms with E-state index in [-0.39, 0.29) is 5.63 Å². The number of benzene rings is 1. The van der Waals surface area contributed by atoms with Gasteiger partial charge < -0.3 is 13.9 Å². The first kappa shape index (κ1) is 14.7. The number of fused-ring (bicyclic) bond motifs is 3. The number of aryl methyl sites for hydroxylation is 1. The zero-order valence-corrected chi connectivity index (χ0v) is 13.2. The number of hydrogen-bond donors (Lipinski definition) is 0. The predicted molar refractivity (Wildman–Crippen MR) is 87.3 cm³/mol. The van der Waals surface area contributed by atoms with Gasteiger partial charge in [0, 0.05) is 30.6 Å². The third-order valence-corrected chi connectivity index (χ3v) is 4.72. The van der Waals surface area contributed by atoms with Crippen LogP contribution in [0.2, 0.25) is 0 Å². The van der Waals surface area contributed by atoms with Gasteiger partial charge >= 0.3 is 5.63 Å². The molecule has 1 fully saturated rings. The molecule has 2 aromatic rings. The summed E-state index contributed by atoms with van der Waals surface area (Å²) in [6.07, 6.45) is 2.81. The van der Waals surface area contributed by atoms with E-state index in [1.165, 1.54) is 0 Å². The molecule has 0 bridgehead atoms. The molecule has 0 N–H and O–H groups in total. The van der Waals surface area contributed by atoms with Crippen molar-refractivity contribution < 1.29 is 13.9 Å². The summed E-state index contributed by atoms with van der Waals surface area (Å²) in [5, 5.41) is 1.03. The van der Waals surface area contributed by atoms with E-state index in [1.807, 2.05) is 18.2 Å². The SMILES string of the molecule is O=c1oc2ccc(OCCN3CCOCC3)cc2c2c1CCC2. The average molecular weight is 315 g/mol. The molecule has 4 rings (SSSR count). The second-order valence-electron chi connectivity index (χ2n) is 6.16. The molecule has 23 heavy (non-hydrogen) atoms. The zero-order valence-electron chi connectivity index (χ0n) is 13.2. The molecule has 1 aliphatic heterocycles. The van der Waals surface area contributed by atoms with Crippen molar-refractivity contribution in [3.05, 3.63) is 39.7 Å². The fourth-order valence-corrected chi connectivity index (χ4v) is 3.47. The first-order chi connectivity index (χ1) is 11.3. The lowest BCUT2D eigenvalue weighted by Crippen LogP contribution is -2.38. The molecular formula is C18H21NO4. The van der Waals surface area contributed by atoms with E-state index in [0.29, 0.717) is 12.2 Å². The van der Waals surface area contributed by atoms with Crippen LogP contribution in [0.4, 0.5) is 0 Å². The number of ether oxygens (including phenoxy) is 2. The molecular weight excluding hydrogens is 294 g/mol. The lowest BCUT2D eigenvalue weighted by Gasteiger charge is -2.26. The summed E-state index contributed by atoms with van der Waals surface area (Å²) in [6.45, 7) is 5.12. The number of hydrogen-bond acceptors (Lipinski definition) is 5. The summed E-state index contributed by atoms with van der Waals surface area (Å²) in [4.78, 5) is 14.3. The van der Waals surface area contributed by atoms with Crippen LogP contribution in [0.25, 0.3) is 11.0 Å². The lowest BCUT2D eigenvalue weighted by molar-refractivity contribution is 0.0322. The second kappa shape index (κ2) is 6.34. The van der Waals surface area contributed by atoms with E-state index in [0.717, 1.165) is 74.4 Å². The van der Waals surface area contributed by atoms with Crippen LogP contribution in [0.1, 0.15) is 17.5 Å². The standard InChI is InChI=1S/C18H21NO4/c20-18-15-3-1-2-14(15)16-12-13(4-5-17(16)23-18)22-11-8-19-6-9-21-10-7-19/h4-5,12H,1-3,6-11H2. The Labute approximate surface area is 134 Å². The molecule has 5 heteroatoms. The predicted octanol–water partition coefficient (Wildman–Crippen LogP) is 1.99. The molecule has 0 radical (unpaired) electrons. The summed E-state index contributed by atoms with van der Waals surface area (Å²) in [5.74, 6) is 0.841. The summed E-state index contributed by atoms with van der Waals surface area (Å²) in [5.41, 5.74) is 2.49. The Morgan fingerprint density at radius 2 is 1.96 bits per heavy atom. The third-order valence-electron chi connectivity index (χ3n) is 4.72. The van der Waals surface area contributed by atoms with Crippen LogP contribution in [0.15, 0.2) is 27.4 Å². The summed E-state index contributed by atoms with van der Waals surface area (Å²) < 4.78 is 16.7. The molecule has 0 amide bonds. The normalized spacial score (nSPS) is 18.3. The van der Waals surface area contributed by atoms with Crippen molar-refractivity contribution in [1.29, 1.82) is 0 Å². The molecule has 0 saturated carbocycles. The van der Waals surface area contributed by atoms with Gasteiger partial charge in [0.2, 0.25) is 0 Å². The van der Waals surface area contributed by atoms with Gasteiger partial charge in [-0.15, -0.1) is 0 Å². The highest BCUT2D eigenvalue weighted by Crippen LogP contribution is 2.29. The number of morpholine rings is 1. The molecule has 1 aromatic heterocycles. The molecule has 0 unspecified atom stereocenters. The van der Waals surface area contributed by atoms with E-state index >= 15 is 0 Å². The number of rotatable bonds is 4. The highest BCUT2D eigenvalue weighted by molar-refractivity contribution is 5.83. The minimum atomic E-state index is -0.175. The molecule has 1 aromatic carbocycles.